The van der Waals surface area contributed by atoms with Crippen LogP contribution in [0.2, 0.25) is 0 Å². The Morgan fingerprint density at radius 1 is 1.71 bits per heavy atom. The molecular formula is C9H10BrNO2S. The standard InChI is InChI=1S/C9H10BrNO2S/c10-7-2-4-14-8(7)9(13)11-3-1-6(12)5-11/h2,4,6,12H,1,3,5H2/t6-/m0/s1. The number of carbonyl (C=O) groups is 1. The van der Waals surface area contributed by atoms with E-state index in [9.17, 15) is 9.90 Å². The lowest BCUT2D eigenvalue weighted by atomic mass is 10.3. The highest BCUT2D eigenvalue weighted by Gasteiger charge is 2.26. The predicted octanol–water partition coefficient (Wildman–Crippen LogP) is 1.72. The zero-order valence-corrected chi connectivity index (χ0v) is 9.84. The summed E-state index contributed by atoms with van der Waals surface area (Å²) in [4.78, 5) is 14.3. The Bertz CT molecular complexity index is 352. The molecular weight excluding hydrogens is 266 g/mol. The molecule has 5 heteroatoms. The van der Waals surface area contributed by atoms with Crippen molar-refractivity contribution < 1.29 is 9.90 Å². The normalized spacial score (nSPS) is 21.6. The lowest BCUT2D eigenvalue weighted by molar-refractivity contribution is 0.0769. The van der Waals surface area contributed by atoms with Gasteiger partial charge in [0.25, 0.3) is 5.91 Å². The van der Waals surface area contributed by atoms with E-state index in [1.807, 2.05) is 11.4 Å². The van der Waals surface area contributed by atoms with Crippen LogP contribution in [0.1, 0.15) is 16.1 Å². The highest BCUT2D eigenvalue weighted by Crippen LogP contribution is 2.25. The van der Waals surface area contributed by atoms with Gasteiger partial charge in [0.05, 0.1) is 6.10 Å². The first kappa shape index (κ1) is 10.1. The molecule has 1 aliphatic rings. The molecule has 0 bridgehead atoms. The Balaban J connectivity index is 2.13. The lowest BCUT2D eigenvalue weighted by Crippen LogP contribution is -2.29. The summed E-state index contributed by atoms with van der Waals surface area (Å²) in [6, 6.07) is 1.87. The van der Waals surface area contributed by atoms with Gasteiger partial charge < -0.3 is 10.0 Å². The highest BCUT2D eigenvalue weighted by molar-refractivity contribution is 9.10. The third kappa shape index (κ3) is 1.85. The van der Waals surface area contributed by atoms with Crippen LogP contribution in [-0.4, -0.2) is 35.1 Å². The molecule has 2 rings (SSSR count). The van der Waals surface area contributed by atoms with Crippen LogP contribution in [0.3, 0.4) is 0 Å². The molecule has 1 atom stereocenters. The van der Waals surface area contributed by atoms with E-state index in [0.29, 0.717) is 19.5 Å². The highest BCUT2D eigenvalue weighted by atomic mass is 79.9. The monoisotopic (exact) mass is 275 g/mol. The van der Waals surface area contributed by atoms with E-state index in [2.05, 4.69) is 15.9 Å². The van der Waals surface area contributed by atoms with Gasteiger partial charge in [-0.05, 0) is 33.8 Å². The summed E-state index contributed by atoms with van der Waals surface area (Å²) >= 11 is 4.76. The van der Waals surface area contributed by atoms with Gasteiger partial charge in [-0.25, -0.2) is 0 Å². The molecule has 1 aromatic heterocycles. The number of halogens is 1. The molecule has 1 saturated heterocycles. The molecule has 14 heavy (non-hydrogen) atoms. The largest absolute Gasteiger partial charge is 0.391 e. The molecule has 0 radical (unpaired) electrons. The molecule has 0 aliphatic carbocycles. The number of likely N-dealkylation sites (tertiary alicyclic amines) is 1. The van der Waals surface area contributed by atoms with E-state index in [1.165, 1.54) is 11.3 Å². The SMILES string of the molecule is O=C(c1sccc1Br)N1CC[C@H](O)C1. The van der Waals surface area contributed by atoms with E-state index in [4.69, 9.17) is 0 Å². The number of hydrogen-bond acceptors (Lipinski definition) is 3. The Kier molecular flexibility index (Phi) is 2.90. The van der Waals surface area contributed by atoms with Crippen LogP contribution in [-0.2, 0) is 0 Å². The Hall–Kier alpha value is -0.390. The third-order valence-corrected chi connectivity index (χ3v) is 4.09. The van der Waals surface area contributed by atoms with Crippen molar-refractivity contribution in [3.05, 3.63) is 20.8 Å². The van der Waals surface area contributed by atoms with Crippen molar-refractivity contribution in [2.24, 2.45) is 0 Å². The van der Waals surface area contributed by atoms with Crippen LogP contribution in [0.25, 0.3) is 0 Å². The van der Waals surface area contributed by atoms with Gasteiger partial charge in [0.2, 0.25) is 0 Å². The second kappa shape index (κ2) is 4.00. The van der Waals surface area contributed by atoms with Crippen LogP contribution >= 0.6 is 27.3 Å². The average molecular weight is 276 g/mol. The lowest BCUT2D eigenvalue weighted by Gasteiger charge is -2.14. The summed E-state index contributed by atoms with van der Waals surface area (Å²) in [5, 5.41) is 11.2. The number of thiophene rings is 1. The summed E-state index contributed by atoms with van der Waals surface area (Å²) < 4.78 is 0.842. The Labute approximate surface area is 94.5 Å². The van der Waals surface area contributed by atoms with Gasteiger partial charge in [-0.2, -0.15) is 0 Å². The van der Waals surface area contributed by atoms with Crippen molar-refractivity contribution in [3.63, 3.8) is 0 Å². The zero-order chi connectivity index (χ0) is 10.1. The van der Waals surface area contributed by atoms with E-state index in [0.717, 1.165) is 9.35 Å². The topological polar surface area (TPSA) is 40.5 Å². The van der Waals surface area contributed by atoms with Crippen molar-refractivity contribution in [2.75, 3.05) is 13.1 Å². The first-order chi connectivity index (χ1) is 6.68. The van der Waals surface area contributed by atoms with E-state index >= 15 is 0 Å². The van der Waals surface area contributed by atoms with Crippen LogP contribution in [0.4, 0.5) is 0 Å². The number of hydrogen-bond donors (Lipinski definition) is 1. The smallest absolute Gasteiger partial charge is 0.265 e. The minimum Gasteiger partial charge on any atom is -0.391 e. The molecule has 1 amide bonds. The van der Waals surface area contributed by atoms with Gasteiger partial charge in [-0.15, -0.1) is 11.3 Å². The maximum atomic E-state index is 11.9. The fourth-order valence-electron chi connectivity index (χ4n) is 1.52. The number of nitrogens with zero attached hydrogens (tertiary/aromatic N) is 1. The minimum atomic E-state index is -0.349. The molecule has 2 heterocycles. The van der Waals surface area contributed by atoms with Gasteiger partial charge in [-0.1, -0.05) is 0 Å². The summed E-state index contributed by atoms with van der Waals surface area (Å²) in [5.74, 6) is 0.0171. The van der Waals surface area contributed by atoms with Crippen molar-refractivity contribution in [3.8, 4) is 0 Å². The predicted molar refractivity (Wildman–Crippen MR) is 58.5 cm³/mol. The van der Waals surface area contributed by atoms with E-state index in [-0.39, 0.29) is 12.0 Å². The molecule has 1 aliphatic heterocycles. The van der Waals surface area contributed by atoms with Gasteiger partial charge in [0.1, 0.15) is 4.88 Å². The van der Waals surface area contributed by atoms with Crippen molar-refractivity contribution >= 4 is 33.2 Å². The Morgan fingerprint density at radius 2 is 2.50 bits per heavy atom. The van der Waals surface area contributed by atoms with Crippen molar-refractivity contribution in [2.45, 2.75) is 12.5 Å². The van der Waals surface area contributed by atoms with Crippen molar-refractivity contribution in [1.29, 1.82) is 0 Å². The summed E-state index contributed by atoms with van der Waals surface area (Å²) in [7, 11) is 0. The summed E-state index contributed by atoms with van der Waals surface area (Å²) in [6.07, 6.45) is 0.340. The second-order valence-corrected chi connectivity index (χ2v) is 5.06. The summed E-state index contributed by atoms with van der Waals surface area (Å²) in [5.41, 5.74) is 0. The van der Waals surface area contributed by atoms with Gasteiger partial charge >= 0.3 is 0 Å². The fraction of sp³-hybridized carbons (Fsp3) is 0.444. The van der Waals surface area contributed by atoms with Crippen LogP contribution < -0.4 is 0 Å². The quantitative estimate of drug-likeness (QED) is 0.848. The molecule has 1 aromatic rings. The fourth-order valence-corrected chi connectivity index (χ4v) is 3.02. The maximum Gasteiger partial charge on any atom is 0.265 e. The van der Waals surface area contributed by atoms with Gasteiger partial charge in [0.15, 0.2) is 0 Å². The number of aliphatic hydroxyl groups excluding tert-OH is 1. The van der Waals surface area contributed by atoms with E-state index < -0.39 is 0 Å². The van der Waals surface area contributed by atoms with Crippen molar-refractivity contribution in [1.82, 2.24) is 4.90 Å². The first-order valence-electron chi connectivity index (χ1n) is 4.39. The average Bonchev–Trinajstić information content (AvgIpc) is 2.73. The van der Waals surface area contributed by atoms with E-state index in [1.54, 1.807) is 4.90 Å². The molecule has 0 unspecified atom stereocenters. The van der Waals surface area contributed by atoms with Gasteiger partial charge in [0, 0.05) is 17.6 Å². The maximum absolute atomic E-state index is 11.9. The molecule has 1 N–H and O–H groups in total. The molecule has 0 aromatic carbocycles. The number of amides is 1. The molecule has 0 saturated carbocycles. The number of β-amino-alcohol motifs (C(OH)–C–C–N with tert-alkyl or cyclic N) is 1. The molecule has 76 valence electrons. The van der Waals surface area contributed by atoms with Gasteiger partial charge in [-0.3, -0.25) is 4.79 Å². The van der Waals surface area contributed by atoms with Crippen LogP contribution in [0.5, 0.6) is 0 Å². The Morgan fingerprint density at radius 3 is 3.00 bits per heavy atom. The first-order valence-corrected chi connectivity index (χ1v) is 6.06. The molecule has 3 nitrogen and oxygen atoms in total. The number of aliphatic hydroxyl groups is 1. The number of rotatable bonds is 1. The summed E-state index contributed by atoms with van der Waals surface area (Å²) in [6.45, 7) is 1.12. The second-order valence-electron chi connectivity index (χ2n) is 3.29. The molecule has 1 fully saturated rings. The minimum absolute atomic E-state index is 0.0171. The van der Waals surface area contributed by atoms with Crippen LogP contribution in [0.15, 0.2) is 15.9 Å². The number of carbonyl (C=O) groups excluding carboxylic acids is 1. The van der Waals surface area contributed by atoms with Crippen LogP contribution in [0, 0.1) is 0 Å². The molecule has 0 spiro atoms. The third-order valence-electron chi connectivity index (χ3n) is 2.26. The zero-order valence-electron chi connectivity index (χ0n) is 7.44.